The highest BCUT2D eigenvalue weighted by molar-refractivity contribution is 4.91. The SMILES string of the molecule is CC(C)N(CC(C#N)C(F)(F)F)CC(F)(F)F. The molecule has 17 heavy (non-hydrogen) atoms. The standard InChI is InChI=1S/C9H12F6N2/c1-6(2)17(5-8(10,11)12)4-7(3-16)9(13,14)15/h6-7H,4-5H2,1-2H3. The molecular formula is C9H12F6N2. The van der Waals surface area contributed by atoms with E-state index in [2.05, 4.69) is 0 Å². The molecule has 8 heteroatoms. The normalized spacial score (nSPS) is 15.1. The predicted molar refractivity (Wildman–Crippen MR) is 47.9 cm³/mol. The fourth-order valence-corrected chi connectivity index (χ4v) is 1.14. The maximum atomic E-state index is 12.2. The summed E-state index contributed by atoms with van der Waals surface area (Å²) in [6.07, 6.45) is -9.40. The van der Waals surface area contributed by atoms with E-state index in [1.54, 1.807) is 0 Å². The van der Waals surface area contributed by atoms with Gasteiger partial charge < -0.3 is 0 Å². The van der Waals surface area contributed by atoms with Crippen LogP contribution in [0.25, 0.3) is 0 Å². The van der Waals surface area contributed by atoms with Gasteiger partial charge >= 0.3 is 12.4 Å². The number of hydrogen-bond donors (Lipinski definition) is 0. The molecule has 0 fully saturated rings. The van der Waals surface area contributed by atoms with Crippen molar-refractivity contribution < 1.29 is 26.3 Å². The van der Waals surface area contributed by atoms with Crippen LogP contribution in [-0.2, 0) is 0 Å². The summed E-state index contributed by atoms with van der Waals surface area (Å²) < 4.78 is 73.1. The molecule has 2 nitrogen and oxygen atoms in total. The topological polar surface area (TPSA) is 27.0 Å². The van der Waals surface area contributed by atoms with Crippen molar-refractivity contribution >= 4 is 0 Å². The lowest BCUT2D eigenvalue weighted by Gasteiger charge is -2.29. The van der Waals surface area contributed by atoms with E-state index in [9.17, 15) is 26.3 Å². The van der Waals surface area contributed by atoms with Crippen LogP contribution in [0.15, 0.2) is 0 Å². The first-order valence-corrected chi connectivity index (χ1v) is 4.74. The van der Waals surface area contributed by atoms with Gasteiger partial charge in [0, 0.05) is 12.6 Å². The highest BCUT2D eigenvalue weighted by Crippen LogP contribution is 2.28. The lowest BCUT2D eigenvalue weighted by molar-refractivity contribution is -0.179. The minimum Gasteiger partial charge on any atom is -0.291 e. The molecule has 0 saturated carbocycles. The van der Waals surface area contributed by atoms with E-state index < -0.39 is 37.4 Å². The molecule has 0 rings (SSSR count). The Morgan fingerprint density at radius 1 is 1.12 bits per heavy atom. The first-order chi connectivity index (χ1) is 7.47. The fraction of sp³-hybridized carbons (Fsp3) is 0.889. The van der Waals surface area contributed by atoms with Crippen LogP contribution < -0.4 is 0 Å². The van der Waals surface area contributed by atoms with E-state index in [1.165, 1.54) is 13.8 Å². The zero-order chi connectivity index (χ0) is 13.9. The number of nitrogens with zero attached hydrogens (tertiary/aromatic N) is 2. The minimum absolute atomic E-state index is 0.585. The Bertz CT molecular complexity index is 275. The molecule has 0 aromatic heterocycles. The smallest absolute Gasteiger partial charge is 0.291 e. The van der Waals surface area contributed by atoms with Crippen molar-refractivity contribution in [2.45, 2.75) is 32.2 Å². The molecule has 0 radical (unpaired) electrons. The highest BCUT2D eigenvalue weighted by atomic mass is 19.4. The molecule has 0 spiro atoms. The Labute approximate surface area is 94.8 Å². The molecule has 1 atom stereocenters. The van der Waals surface area contributed by atoms with E-state index in [4.69, 9.17) is 5.26 Å². The average Bonchev–Trinajstić information content (AvgIpc) is 2.07. The second kappa shape index (κ2) is 5.58. The van der Waals surface area contributed by atoms with Gasteiger partial charge in [-0.1, -0.05) is 0 Å². The van der Waals surface area contributed by atoms with Crippen LogP contribution in [0.4, 0.5) is 26.3 Å². The van der Waals surface area contributed by atoms with Gasteiger partial charge in [-0.25, -0.2) is 0 Å². The van der Waals surface area contributed by atoms with Crippen LogP contribution >= 0.6 is 0 Å². The Morgan fingerprint density at radius 2 is 1.59 bits per heavy atom. The van der Waals surface area contributed by atoms with E-state index in [-0.39, 0.29) is 0 Å². The van der Waals surface area contributed by atoms with E-state index in [0.29, 0.717) is 4.90 Å². The highest BCUT2D eigenvalue weighted by Gasteiger charge is 2.43. The lowest BCUT2D eigenvalue weighted by atomic mass is 10.1. The van der Waals surface area contributed by atoms with Crippen LogP contribution in [0.3, 0.4) is 0 Å². The molecule has 0 amide bonds. The summed E-state index contributed by atoms with van der Waals surface area (Å²) in [6, 6.07) is 0.252. The minimum atomic E-state index is -4.81. The van der Waals surface area contributed by atoms with E-state index >= 15 is 0 Å². The number of halogens is 6. The van der Waals surface area contributed by atoms with Gasteiger partial charge in [-0.2, -0.15) is 31.6 Å². The van der Waals surface area contributed by atoms with Gasteiger partial charge in [0.1, 0.15) is 0 Å². The van der Waals surface area contributed by atoms with Gasteiger partial charge in [-0.3, -0.25) is 4.90 Å². The van der Waals surface area contributed by atoms with Gasteiger partial charge in [-0.05, 0) is 13.8 Å². The molecule has 0 aromatic carbocycles. The second-order valence-electron chi connectivity index (χ2n) is 3.86. The number of hydrogen-bond acceptors (Lipinski definition) is 2. The molecule has 0 saturated heterocycles. The molecule has 0 aromatic rings. The monoisotopic (exact) mass is 262 g/mol. The van der Waals surface area contributed by atoms with Gasteiger partial charge in [0.25, 0.3) is 0 Å². The fourth-order valence-electron chi connectivity index (χ4n) is 1.14. The van der Waals surface area contributed by atoms with Crippen LogP contribution in [-0.4, -0.2) is 36.4 Å². The first-order valence-electron chi connectivity index (χ1n) is 4.74. The molecule has 100 valence electrons. The van der Waals surface area contributed by atoms with Crippen molar-refractivity contribution in [3.8, 4) is 6.07 Å². The first kappa shape index (κ1) is 16.0. The average molecular weight is 262 g/mol. The maximum absolute atomic E-state index is 12.2. The Morgan fingerprint density at radius 3 is 1.82 bits per heavy atom. The maximum Gasteiger partial charge on any atom is 0.405 e. The summed E-state index contributed by atoms with van der Waals surface area (Å²) in [7, 11) is 0. The lowest BCUT2D eigenvalue weighted by Crippen LogP contribution is -2.44. The van der Waals surface area contributed by atoms with Crippen molar-refractivity contribution in [3.05, 3.63) is 0 Å². The van der Waals surface area contributed by atoms with Crippen LogP contribution in [0.2, 0.25) is 0 Å². The molecule has 1 unspecified atom stereocenters. The molecule has 0 aliphatic carbocycles. The summed E-state index contributed by atoms with van der Waals surface area (Å²) >= 11 is 0. The molecule has 0 aliphatic heterocycles. The summed E-state index contributed by atoms with van der Waals surface area (Å²) in [5.41, 5.74) is 0. The van der Waals surface area contributed by atoms with Gasteiger partial charge in [0.15, 0.2) is 5.92 Å². The number of alkyl halides is 6. The third-order valence-electron chi connectivity index (χ3n) is 2.08. The van der Waals surface area contributed by atoms with Crippen LogP contribution in [0.1, 0.15) is 13.8 Å². The zero-order valence-electron chi connectivity index (χ0n) is 9.23. The zero-order valence-corrected chi connectivity index (χ0v) is 9.23. The summed E-state index contributed by atoms with van der Waals surface area (Å²) in [6.45, 7) is 0.253. The quantitative estimate of drug-likeness (QED) is 0.728. The summed E-state index contributed by atoms with van der Waals surface area (Å²) in [5, 5.41) is 8.31. The third-order valence-corrected chi connectivity index (χ3v) is 2.08. The molecule has 0 bridgehead atoms. The van der Waals surface area contributed by atoms with E-state index in [0.717, 1.165) is 6.07 Å². The molecule has 0 N–H and O–H groups in total. The van der Waals surface area contributed by atoms with Gasteiger partial charge in [0.05, 0.1) is 12.6 Å². The Hall–Kier alpha value is -0.970. The van der Waals surface area contributed by atoms with Gasteiger partial charge in [-0.15, -0.1) is 0 Å². The van der Waals surface area contributed by atoms with Crippen molar-refractivity contribution in [3.63, 3.8) is 0 Å². The molecule has 0 aliphatic rings. The Kier molecular flexibility index (Phi) is 5.26. The largest absolute Gasteiger partial charge is 0.405 e. The Balaban J connectivity index is 4.72. The molecular weight excluding hydrogens is 250 g/mol. The summed E-state index contributed by atoms with van der Waals surface area (Å²) in [5.74, 6) is -2.41. The summed E-state index contributed by atoms with van der Waals surface area (Å²) in [4.78, 5) is 0.585. The van der Waals surface area contributed by atoms with Crippen molar-refractivity contribution in [2.75, 3.05) is 13.1 Å². The third kappa shape index (κ3) is 6.36. The molecule has 0 heterocycles. The van der Waals surface area contributed by atoms with Crippen molar-refractivity contribution in [1.82, 2.24) is 4.90 Å². The number of nitriles is 1. The van der Waals surface area contributed by atoms with Crippen LogP contribution in [0, 0.1) is 17.2 Å². The van der Waals surface area contributed by atoms with E-state index in [1.807, 2.05) is 0 Å². The number of rotatable bonds is 4. The predicted octanol–water partition coefficient (Wildman–Crippen LogP) is 2.96. The van der Waals surface area contributed by atoms with Crippen LogP contribution in [0.5, 0.6) is 0 Å². The van der Waals surface area contributed by atoms with Crippen molar-refractivity contribution in [2.24, 2.45) is 5.92 Å². The van der Waals surface area contributed by atoms with Crippen molar-refractivity contribution in [1.29, 1.82) is 5.26 Å². The van der Waals surface area contributed by atoms with Gasteiger partial charge in [0.2, 0.25) is 0 Å². The second-order valence-corrected chi connectivity index (χ2v) is 3.86.